The number of nitriles is 1. The first-order valence-corrected chi connectivity index (χ1v) is 21.9. The summed E-state index contributed by atoms with van der Waals surface area (Å²) in [6, 6.07) is 15.0. The van der Waals surface area contributed by atoms with Crippen LogP contribution in [0.15, 0.2) is 66.9 Å². The highest BCUT2D eigenvalue weighted by molar-refractivity contribution is 6.00. The standard InChI is InChI=1S/C48H61N11O7/c1-28-36(27-54-42(55-28)31-10-13-33(14-11-31)48(3,4)5)44(61)57-37(8-7-17-49)47(64)59(6)41-32-12-16-40(66-23-20-52)35(26-32)34-24-30(9-15-39(34)65-22-19-51)25-38(45(62)53-21-18-50)58-43(60)29(2)56-46(41)63/h9-16,24,26-27,29,37-38,41H,7-8,17,19-23,25,49,51-52H2,1-6H3,(H,53,62)(H,56,63)(H,57,61)(H,58,60)/t29-,37-,38-,41-/m0/s1. The van der Waals surface area contributed by atoms with E-state index in [-0.39, 0.29) is 63.2 Å². The Labute approximate surface area is 385 Å². The first-order valence-electron chi connectivity index (χ1n) is 21.9. The number of benzene rings is 3. The minimum Gasteiger partial charge on any atom is -0.492 e. The van der Waals surface area contributed by atoms with E-state index in [9.17, 15) is 29.2 Å². The number of nitrogens with zero attached hydrogens (tertiary/aromatic N) is 4. The van der Waals surface area contributed by atoms with Crippen molar-refractivity contribution in [2.24, 2.45) is 17.2 Å². The molecule has 1 aromatic heterocycles. The summed E-state index contributed by atoms with van der Waals surface area (Å²) in [5.74, 6) is -2.08. The number of aryl methyl sites for hydroxylation is 1. The smallest absolute Gasteiger partial charge is 0.255 e. The molecule has 1 aliphatic rings. The van der Waals surface area contributed by atoms with Gasteiger partial charge in [-0.1, -0.05) is 57.2 Å². The van der Waals surface area contributed by atoms with Crippen molar-refractivity contribution in [3.05, 3.63) is 94.8 Å². The highest BCUT2D eigenvalue weighted by Crippen LogP contribution is 2.40. The maximum atomic E-state index is 14.8. The van der Waals surface area contributed by atoms with Gasteiger partial charge < -0.3 is 52.8 Å². The first kappa shape index (κ1) is 50.1. The van der Waals surface area contributed by atoms with Crippen molar-refractivity contribution < 1.29 is 33.4 Å². The Morgan fingerprint density at radius 2 is 1.58 bits per heavy atom. The molecule has 18 nitrogen and oxygen atoms in total. The van der Waals surface area contributed by atoms with Crippen LogP contribution in [0, 0.1) is 18.3 Å². The summed E-state index contributed by atoms with van der Waals surface area (Å²) in [5.41, 5.74) is 21.9. The van der Waals surface area contributed by atoms with Crippen LogP contribution in [-0.2, 0) is 31.0 Å². The third-order valence-corrected chi connectivity index (χ3v) is 11.1. The lowest BCUT2D eigenvalue weighted by Crippen LogP contribution is -2.56. The lowest BCUT2D eigenvalue weighted by Gasteiger charge is -2.32. The molecular formula is C48H61N11O7. The molecule has 0 saturated carbocycles. The summed E-state index contributed by atoms with van der Waals surface area (Å²) < 4.78 is 12.2. The molecule has 4 aromatic rings. The van der Waals surface area contributed by atoms with Gasteiger partial charge in [0.1, 0.15) is 55.4 Å². The lowest BCUT2D eigenvalue weighted by atomic mass is 9.87. The Morgan fingerprint density at radius 3 is 2.18 bits per heavy atom. The second-order valence-electron chi connectivity index (χ2n) is 17.1. The van der Waals surface area contributed by atoms with Gasteiger partial charge in [0.05, 0.1) is 17.3 Å². The highest BCUT2D eigenvalue weighted by Gasteiger charge is 2.36. The average Bonchev–Trinajstić information content (AvgIpc) is 3.29. The predicted octanol–water partition coefficient (Wildman–Crippen LogP) is 2.31. The Balaban J connectivity index is 1.57. The van der Waals surface area contributed by atoms with E-state index in [0.29, 0.717) is 51.7 Å². The van der Waals surface area contributed by atoms with E-state index >= 15 is 0 Å². The third kappa shape index (κ3) is 12.4. The van der Waals surface area contributed by atoms with E-state index in [1.54, 1.807) is 43.3 Å². The predicted molar refractivity (Wildman–Crippen MR) is 249 cm³/mol. The van der Waals surface area contributed by atoms with Crippen LogP contribution < -0.4 is 47.9 Å². The average molecular weight is 904 g/mol. The van der Waals surface area contributed by atoms with E-state index in [4.69, 9.17) is 26.7 Å². The molecule has 0 radical (unpaired) electrons. The molecule has 4 atom stereocenters. The molecule has 0 spiro atoms. The van der Waals surface area contributed by atoms with Crippen molar-refractivity contribution in [2.45, 2.75) is 83.5 Å². The molecule has 0 fully saturated rings. The zero-order valence-corrected chi connectivity index (χ0v) is 38.4. The molecule has 1 aliphatic heterocycles. The summed E-state index contributed by atoms with van der Waals surface area (Å²) >= 11 is 0. The number of carbonyl (C=O) groups excluding carboxylic acids is 5. The maximum absolute atomic E-state index is 14.8. The van der Waals surface area contributed by atoms with Crippen molar-refractivity contribution in [1.29, 1.82) is 5.26 Å². The third-order valence-electron chi connectivity index (χ3n) is 11.1. The van der Waals surface area contributed by atoms with Gasteiger partial charge in [0.25, 0.3) is 5.91 Å². The van der Waals surface area contributed by atoms with Gasteiger partial charge in [0.15, 0.2) is 5.82 Å². The van der Waals surface area contributed by atoms with Crippen LogP contribution in [0.4, 0.5) is 0 Å². The second kappa shape index (κ2) is 22.8. The summed E-state index contributed by atoms with van der Waals surface area (Å²) in [4.78, 5) is 80.8. The molecular weight excluding hydrogens is 843 g/mol. The fraction of sp³-hybridized carbons (Fsp3) is 0.417. The van der Waals surface area contributed by atoms with Crippen LogP contribution >= 0.6 is 0 Å². The minimum absolute atomic E-state index is 0.00351. The summed E-state index contributed by atoms with van der Waals surface area (Å²) in [6.07, 6.45) is 1.89. The number of hydrogen-bond donors (Lipinski definition) is 7. The van der Waals surface area contributed by atoms with E-state index in [1.807, 2.05) is 30.3 Å². The summed E-state index contributed by atoms with van der Waals surface area (Å²) in [5, 5.41) is 20.0. The van der Waals surface area contributed by atoms with Gasteiger partial charge in [-0.25, -0.2) is 9.97 Å². The monoisotopic (exact) mass is 903 g/mol. The molecule has 4 bridgehead atoms. The van der Waals surface area contributed by atoms with Crippen LogP contribution in [0.2, 0.25) is 0 Å². The molecule has 5 rings (SSSR count). The van der Waals surface area contributed by atoms with Gasteiger partial charge in [-0.3, -0.25) is 24.0 Å². The molecule has 0 saturated heterocycles. The van der Waals surface area contributed by atoms with E-state index in [0.717, 1.165) is 11.1 Å². The molecule has 18 heteroatoms. The first-order chi connectivity index (χ1) is 31.5. The zero-order chi connectivity index (χ0) is 48.1. The molecule has 66 heavy (non-hydrogen) atoms. The molecule has 0 aliphatic carbocycles. The van der Waals surface area contributed by atoms with Gasteiger partial charge in [-0.05, 0) is 79.6 Å². The van der Waals surface area contributed by atoms with Crippen LogP contribution in [0.25, 0.3) is 22.5 Å². The largest absolute Gasteiger partial charge is 0.492 e. The number of nitrogens with one attached hydrogen (secondary N) is 4. The number of ether oxygens (including phenoxy) is 2. The molecule has 5 amide bonds. The Hall–Kier alpha value is -6.94. The van der Waals surface area contributed by atoms with Gasteiger partial charge in [0, 0.05) is 49.4 Å². The SMILES string of the molecule is Cc1nc(-c2ccc(C(C)(C)C)cc2)ncc1C(=O)N[C@@H](CCCN)C(=O)N(C)[C@@H]1C(=O)N[C@@H](C)C(=O)N[C@H](C(=O)NCC#N)Cc2ccc(OCCN)c(c2)-c2cc1ccc2OCCN. The maximum Gasteiger partial charge on any atom is 0.255 e. The van der Waals surface area contributed by atoms with Crippen LogP contribution in [0.5, 0.6) is 11.5 Å². The van der Waals surface area contributed by atoms with Crippen LogP contribution in [0.3, 0.4) is 0 Å². The number of amides is 5. The number of nitrogens with two attached hydrogens (primary N) is 3. The Kier molecular flexibility index (Phi) is 17.3. The van der Waals surface area contributed by atoms with Crippen molar-refractivity contribution in [3.8, 4) is 40.1 Å². The lowest BCUT2D eigenvalue weighted by molar-refractivity contribution is -0.141. The number of aromatic nitrogens is 2. The second-order valence-corrected chi connectivity index (χ2v) is 17.1. The molecule has 2 heterocycles. The van der Waals surface area contributed by atoms with Crippen molar-refractivity contribution in [1.82, 2.24) is 36.1 Å². The number of rotatable bonds is 16. The van der Waals surface area contributed by atoms with Gasteiger partial charge in [-0.15, -0.1) is 0 Å². The van der Waals surface area contributed by atoms with Crippen molar-refractivity contribution >= 4 is 29.5 Å². The molecule has 10 N–H and O–H groups in total. The molecule has 0 unspecified atom stereocenters. The van der Waals surface area contributed by atoms with Crippen LogP contribution in [-0.4, -0.2) is 109 Å². The quantitative estimate of drug-likeness (QED) is 0.0797. The fourth-order valence-electron chi connectivity index (χ4n) is 7.47. The van der Waals surface area contributed by atoms with Crippen LogP contribution in [0.1, 0.15) is 79.3 Å². The van der Waals surface area contributed by atoms with E-state index in [1.165, 1.54) is 25.1 Å². The zero-order valence-electron chi connectivity index (χ0n) is 38.4. The Bertz CT molecular complexity index is 2430. The van der Waals surface area contributed by atoms with E-state index in [2.05, 4.69) is 52.0 Å². The van der Waals surface area contributed by atoms with Crippen molar-refractivity contribution in [3.63, 3.8) is 0 Å². The summed E-state index contributed by atoms with van der Waals surface area (Å²) in [7, 11) is 1.43. The normalized spacial score (nSPS) is 16.6. The number of likely N-dealkylation sites (N-methyl/N-ethyl adjacent to an activating group) is 1. The van der Waals surface area contributed by atoms with E-state index < -0.39 is 53.7 Å². The van der Waals surface area contributed by atoms with Gasteiger partial charge in [-0.2, -0.15) is 5.26 Å². The summed E-state index contributed by atoms with van der Waals surface area (Å²) in [6.45, 7) is 10.1. The van der Waals surface area contributed by atoms with Gasteiger partial charge in [0.2, 0.25) is 23.6 Å². The number of hydrogen-bond acceptors (Lipinski definition) is 13. The Morgan fingerprint density at radius 1 is 0.924 bits per heavy atom. The minimum atomic E-state index is -1.39. The molecule has 350 valence electrons. The molecule has 3 aromatic carbocycles. The topological polar surface area (TPSA) is 283 Å². The fourth-order valence-corrected chi connectivity index (χ4v) is 7.47. The van der Waals surface area contributed by atoms with Gasteiger partial charge >= 0.3 is 0 Å². The van der Waals surface area contributed by atoms with Crippen molar-refractivity contribution in [2.75, 3.05) is 46.4 Å². The number of carbonyl (C=O) groups is 5. The number of fused-ring (bicyclic) bond motifs is 5. The highest BCUT2D eigenvalue weighted by atomic mass is 16.5.